The maximum atomic E-state index is 12.2. The van der Waals surface area contributed by atoms with Crippen molar-refractivity contribution < 1.29 is 9.32 Å². The lowest BCUT2D eigenvalue weighted by molar-refractivity contribution is -0.135. The predicted molar refractivity (Wildman–Crippen MR) is 87.6 cm³/mol. The van der Waals surface area contributed by atoms with E-state index in [0.717, 1.165) is 37.8 Å². The van der Waals surface area contributed by atoms with Crippen LogP contribution in [-0.2, 0) is 11.2 Å². The van der Waals surface area contributed by atoms with Gasteiger partial charge in [0.15, 0.2) is 5.82 Å². The molecule has 5 heteroatoms. The van der Waals surface area contributed by atoms with Crippen molar-refractivity contribution in [3.63, 3.8) is 0 Å². The van der Waals surface area contributed by atoms with E-state index >= 15 is 0 Å². The van der Waals surface area contributed by atoms with Crippen LogP contribution in [0.1, 0.15) is 38.9 Å². The van der Waals surface area contributed by atoms with E-state index in [1.807, 2.05) is 49.1 Å². The van der Waals surface area contributed by atoms with Crippen LogP contribution in [0.3, 0.4) is 0 Å². The number of nitrogens with zero attached hydrogens (tertiary/aromatic N) is 3. The number of aryl methyl sites for hydroxylation is 1. The molecule has 3 rings (SSSR count). The van der Waals surface area contributed by atoms with Crippen LogP contribution in [0.25, 0.3) is 11.5 Å². The van der Waals surface area contributed by atoms with Crippen LogP contribution in [0.5, 0.6) is 0 Å². The van der Waals surface area contributed by atoms with Gasteiger partial charge in [0.05, 0.1) is 0 Å². The molecule has 5 nitrogen and oxygen atoms in total. The van der Waals surface area contributed by atoms with Gasteiger partial charge in [-0.25, -0.2) is 0 Å². The quantitative estimate of drug-likeness (QED) is 0.849. The molecule has 122 valence electrons. The third kappa shape index (κ3) is 3.60. The zero-order valence-corrected chi connectivity index (χ0v) is 13.7. The Kier molecular flexibility index (Phi) is 4.74. The molecule has 1 aliphatic rings. The number of benzene rings is 1. The lowest BCUT2D eigenvalue weighted by Gasteiger charge is -2.26. The summed E-state index contributed by atoms with van der Waals surface area (Å²) in [5.74, 6) is 1.59. The zero-order chi connectivity index (χ0) is 16.2. The first kappa shape index (κ1) is 15.7. The molecule has 0 N–H and O–H groups in total. The van der Waals surface area contributed by atoms with Crippen LogP contribution in [-0.4, -0.2) is 33.5 Å². The molecule has 1 aromatic heterocycles. The molecule has 1 atom stereocenters. The lowest BCUT2D eigenvalue weighted by atomic mass is 10.1. The molecule has 0 saturated carbocycles. The van der Waals surface area contributed by atoms with E-state index in [1.54, 1.807) is 0 Å². The van der Waals surface area contributed by atoms with E-state index < -0.39 is 0 Å². The maximum Gasteiger partial charge on any atom is 0.257 e. The Morgan fingerprint density at radius 1 is 1.35 bits per heavy atom. The molecule has 2 aromatic rings. The molecule has 1 aromatic carbocycles. The second-order valence-corrected chi connectivity index (χ2v) is 6.40. The van der Waals surface area contributed by atoms with Gasteiger partial charge in [-0.15, -0.1) is 0 Å². The van der Waals surface area contributed by atoms with Crippen LogP contribution < -0.4 is 0 Å². The molecule has 1 unspecified atom stereocenters. The summed E-state index contributed by atoms with van der Waals surface area (Å²) < 4.78 is 5.34. The Morgan fingerprint density at radius 2 is 2.13 bits per heavy atom. The Labute approximate surface area is 136 Å². The van der Waals surface area contributed by atoms with E-state index in [-0.39, 0.29) is 11.8 Å². The van der Waals surface area contributed by atoms with Crippen LogP contribution in [0.2, 0.25) is 0 Å². The Morgan fingerprint density at radius 3 is 2.87 bits per heavy atom. The van der Waals surface area contributed by atoms with Crippen LogP contribution >= 0.6 is 0 Å². The highest BCUT2D eigenvalue weighted by Crippen LogP contribution is 2.24. The maximum absolute atomic E-state index is 12.2. The highest BCUT2D eigenvalue weighted by atomic mass is 16.5. The second kappa shape index (κ2) is 6.94. The lowest BCUT2D eigenvalue weighted by Crippen LogP contribution is -2.38. The molecule has 23 heavy (non-hydrogen) atoms. The molecule has 0 aliphatic carbocycles. The van der Waals surface area contributed by atoms with Crippen molar-refractivity contribution in [1.82, 2.24) is 15.0 Å². The van der Waals surface area contributed by atoms with Gasteiger partial charge in [-0.3, -0.25) is 4.79 Å². The van der Waals surface area contributed by atoms with Gasteiger partial charge in [0.25, 0.3) is 5.89 Å². The van der Waals surface area contributed by atoms with Gasteiger partial charge in [-0.05, 0) is 31.4 Å². The SMILES string of the molecule is CC(C)C(=O)N1CCCC1CCc1noc(-c2ccccc2)n1. The largest absolute Gasteiger partial charge is 0.339 e. The monoisotopic (exact) mass is 313 g/mol. The molecule has 1 saturated heterocycles. The highest BCUT2D eigenvalue weighted by molar-refractivity contribution is 5.78. The third-order valence-corrected chi connectivity index (χ3v) is 4.34. The van der Waals surface area contributed by atoms with E-state index in [2.05, 4.69) is 10.1 Å². The smallest absolute Gasteiger partial charge is 0.257 e. The molecule has 1 fully saturated rings. The van der Waals surface area contributed by atoms with Crippen molar-refractivity contribution in [2.24, 2.45) is 5.92 Å². The van der Waals surface area contributed by atoms with E-state index in [1.165, 1.54) is 0 Å². The minimum absolute atomic E-state index is 0.0606. The molecule has 1 aliphatic heterocycles. The predicted octanol–water partition coefficient (Wildman–Crippen LogP) is 3.32. The van der Waals surface area contributed by atoms with Gasteiger partial charge in [0.1, 0.15) is 0 Å². The highest BCUT2D eigenvalue weighted by Gasteiger charge is 2.29. The summed E-state index contributed by atoms with van der Waals surface area (Å²) in [5, 5.41) is 4.07. The molecular weight excluding hydrogens is 290 g/mol. The van der Waals surface area contributed by atoms with Crippen molar-refractivity contribution in [3.8, 4) is 11.5 Å². The summed E-state index contributed by atoms with van der Waals surface area (Å²) in [7, 11) is 0. The summed E-state index contributed by atoms with van der Waals surface area (Å²) in [6, 6.07) is 10.1. The first-order chi connectivity index (χ1) is 11.1. The summed E-state index contributed by atoms with van der Waals surface area (Å²) in [4.78, 5) is 18.7. The average molecular weight is 313 g/mol. The van der Waals surface area contributed by atoms with Crippen molar-refractivity contribution in [2.45, 2.75) is 45.6 Å². The number of hydrogen-bond donors (Lipinski definition) is 0. The molecule has 0 spiro atoms. The standard InChI is InChI=1S/C18H23N3O2/c1-13(2)18(22)21-12-6-9-15(21)10-11-16-19-17(23-20-16)14-7-4-3-5-8-14/h3-5,7-8,13,15H,6,9-12H2,1-2H3. The summed E-state index contributed by atoms with van der Waals surface area (Å²) in [5.41, 5.74) is 0.934. The van der Waals surface area contributed by atoms with Crippen molar-refractivity contribution in [2.75, 3.05) is 6.54 Å². The van der Waals surface area contributed by atoms with Crippen molar-refractivity contribution in [3.05, 3.63) is 36.2 Å². The fourth-order valence-electron chi connectivity index (χ4n) is 3.11. The molecule has 2 heterocycles. The Bertz CT molecular complexity index is 651. The van der Waals surface area contributed by atoms with Gasteiger partial charge in [-0.2, -0.15) is 4.98 Å². The summed E-state index contributed by atoms with van der Waals surface area (Å²) >= 11 is 0. The number of amides is 1. The summed E-state index contributed by atoms with van der Waals surface area (Å²) in [6.45, 7) is 4.80. The van der Waals surface area contributed by atoms with E-state index in [0.29, 0.717) is 17.8 Å². The van der Waals surface area contributed by atoms with Gasteiger partial charge in [0, 0.05) is 30.5 Å². The Hall–Kier alpha value is -2.17. The third-order valence-electron chi connectivity index (χ3n) is 4.34. The van der Waals surface area contributed by atoms with Crippen molar-refractivity contribution >= 4 is 5.91 Å². The average Bonchev–Trinajstić information content (AvgIpc) is 3.22. The number of likely N-dealkylation sites (tertiary alicyclic amines) is 1. The number of hydrogen-bond acceptors (Lipinski definition) is 4. The topological polar surface area (TPSA) is 59.2 Å². The normalized spacial score (nSPS) is 17.9. The first-order valence-corrected chi connectivity index (χ1v) is 8.33. The molecule has 0 radical (unpaired) electrons. The van der Waals surface area contributed by atoms with Gasteiger partial charge < -0.3 is 9.42 Å². The molecule has 1 amide bonds. The number of aromatic nitrogens is 2. The second-order valence-electron chi connectivity index (χ2n) is 6.40. The number of carbonyl (C=O) groups is 1. The van der Waals surface area contributed by atoms with E-state index in [9.17, 15) is 4.79 Å². The summed E-state index contributed by atoms with van der Waals surface area (Å²) in [6.07, 6.45) is 3.79. The van der Waals surface area contributed by atoms with Crippen LogP contribution in [0.4, 0.5) is 0 Å². The molecule has 0 bridgehead atoms. The number of rotatable bonds is 5. The molecular formula is C18H23N3O2. The van der Waals surface area contributed by atoms with Gasteiger partial charge in [0.2, 0.25) is 5.91 Å². The fourth-order valence-corrected chi connectivity index (χ4v) is 3.11. The van der Waals surface area contributed by atoms with Gasteiger partial charge in [-0.1, -0.05) is 37.2 Å². The van der Waals surface area contributed by atoms with Gasteiger partial charge >= 0.3 is 0 Å². The Balaban J connectivity index is 1.60. The van der Waals surface area contributed by atoms with E-state index in [4.69, 9.17) is 4.52 Å². The minimum atomic E-state index is 0.0606. The fraction of sp³-hybridized carbons (Fsp3) is 0.500. The van der Waals surface area contributed by atoms with Crippen molar-refractivity contribution in [1.29, 1.82) is 0 Å². The van der Waals surface area contributed by atoms with Crippen LogP contribution in [0, 0.1) is 5.92 Å². The first-order valence-electron chi connectivity index (χ1n) is 8.33. The minimum Gasteiger partial charge on any atom is -0.339 e. The number of carbonyl (C=O) groups excluding carboxylic acids is 1. The zero-order valence-electron chi connectivity index (χ0n) is 13.7. The van der Waals surface area contributed by atoms with Crippen LogP contribution in [0.15, 0.2) is 34.9 Å².